The maximum Gasteiger partial charge on any atom is 0.494 e. The first-order valence-electron chi connectivity index (χ1n) is 8.90. The summed E-state index contributed by atoms with van der Waals surface area (Å²) in [5.74, 6) is 0.846. The molecule has 0 radical (unpaired) electrons. The lowest BCUT2D eigenvalue weighted by Crippen LogP contribution is -2.41. The third-order valence-corrected chi connectivity index (χ3v) is 5.76. The minimum absolute atomic E-state index is 0.276. The van der Waals surface area contributed by atoms with E-state index in [4.69, 9.17) is 9.31 Å². The molecule has 0 aromatic heterocycles. The van der Waals surface area contributed by atoms with Crippen LogP contribution in [0, 0.1) is 12.8 Å². The lowest BCUT2D eigenvalue weighted by atomic mass is 9.78. The van der Waals surface area contributed by atoms with E-state index in [9.17, 15) is 0 Å². The van der Waals surface area contributed by atoms with Crippen molar-refractivity contribution in [3.05, 3.63) is 23.8 Å². The number of rotatable bonds is 2. The average Bonchev–Trinajstić information content (AvgIpc) is 2.67. The fourth-order valence-electron chi connectivity index (χ4n) is 3.36. The molecule has 0 saturated carbocycles. The Morgan fingerprint density at radius 3 is 2.13 bits per heavy atom. The fourth-order valence-corrected chi connectivity index (χ4v) is 3.36. The van der Waals surface area contributed by atoms with E-state index in [1.807, 2.05) is 0 Å². The molecule has 0 atom stereocenters. The van der Waals surface area contributed by atoms with E-state index in [-0.39, 0.29) is 18.3 Å². The summed E-state index contributed by atoms with van der Waals surface area (Å²) in [6.45, 7) is 15.2. The number of piperidine rings is 1. The van der Waals surface area contributed by atoms with Crippen molar-refractivity contribution in [2.45, 2.75) is 65.6 Å². The van der Waals surface area contributed by atoms with Crippen molar-refractivity contribution in [1.29, 1.82) is 0 Å². The van der Waals surface area contributed by atoms with Crippen LogP contribution in [0.4, 0.5) is 5.69 Å². The molecule has 4 heteroatoms. The normalized spacial score (nSPS) is 24.3. The Bertz CT molecular complexity index is 561. The summed E-state index contributed by atoms with van der Waals surface area (Å²) >= 11 is 0. The maximum atomic E-state index is 6.22. The van der Waals surface area contributed by atoms with Crippen LogP contribution in [-0.2, 0) is 9.31 Å². The van der Waals surface area contributed by atoms with Gasteiger partial charge in [-0.25, -0.2) is 0 Å². The number of anilines is 1. The van der Waals surface area contributed by atoms with Crippen molar-refractivity contribution in [2.24, 2.45) is 5.92 Å². The van der Waals surface area contributed by atoms with Gasteiger partial charge in [0.15, 0.2) is 0 Å². The van der Waals surface area contributed by atoms with Gasteiger partial charge in [0, 0.05) is 18.8 Å². The molecule has 2 saturated heterocycles. The molecule has 0 spiro atoms. The second kappa shape index (κ2) is 5.82. The van der Waals surface area contributed by atoms with Gasteiger partial charge in [0.1, 0.15) is 0 Å². The van der Waals surface area contributed by atoms with Crippen molar-refractivity contribution in [3.8, 4) is 0 Å². The lowest BCUT2D eigenvalue weighted by Gasteiger charge is -2.32. The quantitative estimate of drug-likeness (QED) is 0.779. The highest BCUT2D eigenvalue weighted by molar-refractivity contribution is 6.62. The first kappa shape index (κ1) is 16.8. The number of aryl methyl sites for hydroxylation is 1. The summed E-state index contributed by atoms with van der Waals surface area (Å²) in [5, 5.41) is 0. The van der Waals surface area contributed by atoms with Crippen LogP contribution < -0.4 is 10.4 Å². The van der Waals surface area contributed by atoms with E-state index in [2.05, 4.69) is 64.6 Å². The predicted molar refractivity (Wildman–Crippen MR) is 97.5 cm³/mol. The van der Waals surface area contributed by atoms with Gasteiger partial charge in [0.2, 0.25) is 0 Å². The second-order valence-electron chi connectivity index (χ2n) is 8.36. The highest BCUT2D eigenvalue weighted by atomic mass is 16.7. The van der Waals surface area contributed by atoms with Crippen molar-refractivity contribution < 1.29 is 9.31 Å². The number of benzene rings is 1. The van der Waals surface area contributed by atoms with Crippen LogP contribution in [0.1, 0.15) is 53.0 Å². The number of nitrogens with zero attached hydrogens (tertiary/aromatic N) is 1. The summed E-state index contributed by atoms with van der Waals surface area (Å²) in [6, 6.07) is 6.73. The zero-order chi connectivity index (χ0) is 16.8. The third-order valence-electron chi connectivity index (χ3n) is 5.76. The zero-order valence-corrected chi connectivity index (χ0v) is 15.5. The fraction of sp³-hybridized carbons (Fsp3) is 0.684. The molecule has 126 valence electrons. The summed E-state index contributed by atoms with van der Waals surface area (Å²) in [6.07, 6.45) is 2.56. The molecule has 0 amide bonds. The Morgan fingerprint density at radius 2 is 1.57 bits per heavy atom. The molecule has 2 fully saturated rings. The standard InChI is InChI=1S/C19H30BNO2/c1-14-7-9-21(10-8-14)17-12-15(2)11-16(13-17)20-22-18(3,4)19(5,6)23-20/h11-14H,7-10H2,1-6H3. The van der Waals surface area contributed by atoms with Gasteiger partial charge in [0.05, 0.1) is 11.2 Å². The Hall–Kier alpha value is -0.995. The van der Waals surface area contributed by atoms with Crippen LogP contribution >= 0.6 is 0 Å². The Labute approximate surface area is 141 Å². The van der Waals surface area contributed by atoms with Gasteiger partial charge in [-0.2, -0.15) is 0 Å². The molecule has 0 N–H and O–H groups in total. The largest absolute Gasteiger partial charge is 0.494 e. The molecule has 0 bridgehead atoms. The summed E-state index contributed by atoms with van der Waals surface area (Å²) in [4.78, 5) is 2.50. The highest BCUT2D eigenvalue weighted by Crippen LogP contribution is 2.36. The molecule has 2 aliphatic rings. The van der Waals surface area contributed by atoms with E-state index in [0.29, 0.717) is 0 Å². The van der Waals surface area contributed by atoms with Crippen molar-refractivity contribution in [1.82, 2.24) is 0 Å². The molecule has 2 aliphatic heterocycles. The van der Waals surface area contributed by atoms with Crippen LogP contribution in [0.2, 0.25) is 0 Å². The molecule has 3 rings (SSSR count). The lowest BCUT2D eigenvalue weighted by molar-refractivity contribution is 0.00578. The van der Waals surface area contributed by atoms with Gasteiger partial charge in [-0.05, 0) is 76.5 Å². The average molecular weight is 315 g/mol. The van der Waals surface area contributed by atoms with Crippen LogP contribution in [0.5, 0.6) is 0 Å². The third kappa shape index (κ3) is 3.29. The topological polar surface area (TPSA) is 21.7 Å². The molecule has 1 aromatic carbocycles. The van der Waals surface area contributed by atoms with Gasteiger partial charge in [-0.1, -0.05) is 13.0 Å². The van der Waals surface area contributed by atoms with Crippen LogP contribution in [0.3, 0.4) is 0 Å². The summed E-state index contributed by atoms with van der Waals surface area (Å²) in [5.41, 5.74) is 3.13. The second-order valence-corrected chi connectivity index (χ2v) is 8.36. The summed E-state index contributed by atoms with van der Waals surface area (Å²) < 4.78 is 12.4. The van der Waals surface area contributed by atoms with Gasteiger partial charge in [-0.15, -0.1) is 0 Å². The zero-order valence-electron chi connectivity index (χ0n) is 15.5. The Balaban J connectivity index is 1.84. The van der Waals surface area contributed by atoms with Crippen LogP contribution in [-0.4, -0.2) is 31.4 Å². The Kier molecular flexibility index (Phi) is 4.26. The summed E-state index contributed by atoms with van der Waals surface area (Å²) in [7, 11) is -0.276. The SMILES string of the molecule is Cc1cc(B2OC(C)(C)C(C)(C)O2)cc(N2CCC(C)CC2)c1. The molecule has 2 heterocycles. The van der Waals surface area contributed by atoms with Gasteiger partial charge < -0.3 is 14.2 Å². The molecule has 3 nitrogen and oxygen atoms in total. The minimum atomic E-state index is -0.290. The van der Waals surface area contributed by atoms with E-state index in [1.54, 1.807) is 0 Å². The molecule has 0 unspecified atom stereocenters. The van der Waals surface area contributed by atoms with E-state index in [0.717, 1.165) is 24.5 Å². The van der Waals surface area contributed by atoms with Crippen LogP contribution in [0.15, 0.2) is 18.2 Å². The molecule has 1 aromatic rings. The number of hydrogen-bond donors (Lipinski definition) is 0. The molecule has 0 aliphatic carbocycles. The highest BCUT2D eigenvalue weighted by Gasteiger charge is 2.51. The molecule has 23 heavy (non-hydrogen) atoms. The van der Waals surface area contributed by atoms with Gasteiger partial charge in [0.25, 0.3) is 0 Å². The van der Waals surface area contributed by atoms with Crippen molar-refractivity contribution in [2.75, 3.05) is 18.0 Å². The Morgan fingerprint density at radius 1 is 1.00 bits per heavy atom. The first-order valence-corrected chi connectivity index (χ1v) is 8.90. The van der Waals surface area contributed by atoms with Crippen LogP contribution in [0.25, 0.3) is 0 Å². The van der Waals surface area contributed by atoms with Crippen molar-refractivity contribution in [3.63, 3.8) is 0 Å². The van der Waals surface area contributed by atoms with E-state index in [1.165, 1.54) is 24.1 Å². The molecular formula is C19H30BNO2. The monoisotopic (exact) mass is 315 g/mol. The van der Waals surface area contributed by atoms with Gasteiger partial charge >= 0.3 is 7.12 Å². The maximum absolute atomic E-state index is 6.22. The number of hydrogen-bond acceptors (Lipinski definition) is 3. The first-order chi connectivity index (χ1) is 10.7. The van der Waals surface area contributed by atoms with Crippen molar-refractivity contribution >= 4 is 18.3 Å². The van der Waals surface area contributed by atoms with E-state index < -0.39 is 0 Å². The predicted octanol–water partition coefficient (Wildman–Crippen LogP) is 3.53. The van der Waals surface area contributed by atoms with E-state index >= 15 is 0 Å². The van der Waals surface area contributed by atoms with Gasteiger partial charge in [-0.3, -0.25) is 0 Å². The minimum Gasteiger partial charge on any atom is -0.399 e. The smallest absolute Gasteiger partial charge is 0.399 e. The molecular weight excluding hydrogens is 285 g/mol.